The Balaban J connectivity index is 5.26. The number of phosphoric ester groups is 2. The van der Waals surface area contributed by atoms with Crippen LogP contribution in [0.5, 0.6) is 0 Å². The number of phosphoric acid groups is 2. The van der Waals surface area contributed by atoms with Crippen molar-refractivity contribution in [3.05, 3.63) is 0 Å². The van der Waals surface area contributed by atoms with E-state index in [9.17, 15) is 43.2 Å². The molecule has 0 radical (unpaired) electrons. The molecular weight excluding hydrogens is 1100 g/mol. The predicted octanol–water partition coefficient (Wildman–Crippen LogP) is 17.4. The number of esters is 4. The molecule has 492 valence electrons. The fourth-order valence-electron chi connectivity index (χ4n) is 9.40. The van der Waals surface area contributed by atoms with Crippen LogP contribution in [0.2, 0.25) is 0 Å². The first-order chi connectivity index (χ1) is 39.6. The molecule has 0 rings (SSSR count). The number of carbonyl (C=O) groups is 4. The fraction of sp³-hybridized carbons (Fsp3) is 0.938. The largest absolute Gasteiger partial charge is 0.472 e. The van der Waals surface area contributed by atoms with Gasteiger partial charge in [0.2, 0.25) is 0 Å². The summed E-state index contributed by atoms with van der Waals surface area (Å²) in [6.45, 7) is 13.9. The lowest BCUT2D eigenvalue weighted by Gasteiger charge is -2.21. The van der Waals surface area contributed by atoms with Crippen molar-refractivity contribution in [2.75, 3.05) is 39.6 Å². The molecule has 6 atom stereocenters. The Hall–Kier alpha value is -1.94. The summed E-state index contributed by atoms with van der Waals surface area (Å²) in [7, 11) is -9.89. The molecule has 0 aliphatic heterocycles. The Labute approximate surface area is 505 Å². The van der Waals surface area contributed by atoms with E-state index in [1.807, 2.05) is 0 Å². The van der Waals surface area contributed by atoms with E-state index in [1.54, 1.807) is 0 Å². The van der Waals surface area contributed by atoms with E-state index in [0.717, 1.165) is 120 Å². The third kappa shape index (κ3) is 57.6. The highest BCUT2D eigenvalue weighted by Gasteiger charge is 2.30. The van der Waals surface area contributed by atoms with Crippen LogP contribution in [-0.4, -0.2) is 96.7 Å². The Morgan fingerprint density at radius 3 is 0.855 bits per heavy atom. The minimum Gasteiger partial charge on any atom is -0.462 e. The van der Waals surface area contributed by atoms with E-state index >= 15 is 0 Å². The lowest BCUT2D eigenvalue weighted by atomic mass is 10.00. The minimum atomic E-state index is -4.95. The Morgan fingerprint density at radius 1 is 0.337 bits per heavy atom. The van der Waals surface area contributed by atoms with E-state index in [-0.39, 0.29) is 25.7 Å². The summed E-state index contributed by atoms with van der Waals surface area (Å²) >= 11 is 0. The highest BCUT2D eigenvalue weighted by Crippen LogP contribution is 2.45. The maximum Gasteiger partial charge on any atom is 0.472 e. The molecule has 0 spiro atoms. The molecule has 0 aromatic carbocycles. The second kappa shape index (κ2) is 54.2. The SMILES string of the molecule is CCC(C)CCCCCCCCC(=O)OC[C@H](COP(=O)(O)OC[C@@H](O)COP(=O)(O)OC[C@@H](COC(=O)CCCCCCCCC(C)C)OC(=O)CCCCCCCCCCC(C)C)OC(=O)CCCCCCCCCCCCC(C)C. The smallest absolute Gasteiger partial charge is 0.462 e. The lowest BCUT2D eigenvalue weighted by Crippen LogP contribution is -2.30. The molecule has 0 heterocycles. The van der Waals surface area contributed by atoms with Crippen molar-refractivity contribution in [2.24, 2.45) is 23.7 Å². The van der Waals surface area contributed by atoms with Crippen LogP contribution in [0.1, 0.15) is 306 Å². The van der Waals surface area contributed by atoms with Gasteiger partial charge in [0.25, 0.3) is 0 Å². The van der Waals surface area contributed by atoms with Crippen LogP contribution < -0.4 is 0 Å². The van der Waals surface area contributed by atoms with Gasteiger partial charge in [0, 0.05) is 25.7 Å². The molecule has 0 bridgehead atoms. The van der Waals surface area contributed by atoms with Gasteiger partial charge in [-0.15, -0.1) is 0 Å². The van der Waals surface area contributed by atoms with Crippen LogP contribution in [0.3, 0.4) is 0 Å². The van der Waals surface area contributed by atoms with Crippen LogP contribution in [0.4, 0.5) is 0 Å². The molecule has 3 unspecified atom stereocenters. The van der Waals surface area contributed by atoms with E-state index in [1.165, 1.54) is 96.3 Å². The van der Waals surface area contributed by atoms with Crippen molar-refractivity contribution in [3.63, 3.8) is 0 Å². The summed E-state index contributed by atoms with van der Waals surface area (Å²) in [5, 5.41) is 10.5. The first-order valence-electron chi connectivity index (χ1n) is 33.2. The van der Waals surface area contributed by atoms with Crippen LogP contribution in [0.25, 0.3) is 0 Å². The fourth-order valence-corrected chi connectivity index (χ4v) is 11.0. The van der Waals surface area contributed by atoms with Gasteiger partial charge >= 0.3 is 39.5 Å². The lowest BCUT2D eigenvalue weighted by molar-refractivity contribution is -0.161. The molecule has 0 amide bonds. The normalized spacial score (nSPS) is 14.8. The van der Waals surface area contributed by atoms with Gasteiger partial charge in [-0.25, -0.2) is 9.13 Å². The maximum atomic E-state index is 13.0. The molecule has 0 aromatic rings. The van der Waals surface area contributed by atoms with Crippen LogP contribution >= 0.6 is 15.6 Å². The van der Waals surface area contributed by atoms with Crippen molar-refractivity contribution in [1.82, 2.24) is 0 Å². The van der Waals surface area contributed by atoms with Crippen molar-refractivity contribution in [1.29, 1.82) is 0 Å². The number of unbranched alkanes of at least 4 members (excludes halogenated alkanes) is 26. The number of aliphatic hydroxyl groups is 1. The average Bonchev–Trinajstić information content (AvgIpc) is 3.44. The molecule has 0 aliphatic carbocycles. The van der Waals surface area contributed by atoms with E-state index in [4.69, 9.17) is 37.0 Å². The molecule has 3 N–H and O–H groups in total. The first kappa shape index (κ1) is 81.1. The summed E-state index contributed by atoms with van der Waals surface area (Å²) in [6, 6.07) is 0. The number of carbonyl (C=O) groups excluding carboxylic acids is 4. The molecule has 0 saturated carbocycles. The number of hydrogen-bond donors (Lipinski definition) is 3. The Bertz CT molecular complexity index is 1660. The van der Waals surface area contributed by atoms with Gasteiger partial charge in [-0.2, -0.15) is 0 Å². The van der Waals surface area contributed by atoms with Gasteiger partial charge in [-0.1, -0.05) is 254 Å². The molecular formula is C64H124O17P2. The summed E-state index contributed by atoms with van der Waals surface area (Å²) in [5.74, 6) is 0.738. The van der Waals surface area contributed by atoms with Gasteiger partial charge in [0.1, 0.15) is 19.3 Å². The summed E-state index contributed by atoms with van der Waals surface area (Å²) < 4.78 is 68.0. The van der Waals surface area contributed by atoms with Gasteiger partial charge < -0.3 is 33.8 Å². The van der Waals surface area contributed by atoms with Crippen molar-refractivity contribution in [2.45, 2.75) is 324 Å². The average molecular weight is 1230 g/mol. The molecule has 17 nitrogen and oxygen atoms in total. The molecule has 0 saturated heterocycles. The monoisotopic (exact) mass is 1230 g/mol. The summed E-state index contributed by atoms with van der Waals surface area (Å²) in [6.07, 6.45) is 33.7. The zero-order chi connectivity index (χ0) is 61.8. The minimum absolute atomic E-state index is 0.103. The number of rotatable bonds is 61. The highest BCUT2D eigenvalue weighted by molar-refractivity contribution is 7.47. The standard InChI is InChI=1S/C64H124O17P2/c1-9-57(8)43-35-27-21-23-29-37-45-62(67)75-51-60(80-63(68)46-38-30-18-13-11-10-12-16-24-32-40-54(2)3)53-79-83(72,73)77-49-58(65)48-76-82(70,71)78-52-59(50-74-61(66)44-36-28-22-20-26-34-42-56(6)7)81-64(69)47-39-31-19-15-14-17-25-33-41-55(4)5/h54-60,65H,9-53H2,1-8H3,(H,70,71)(H,72,73)/t57?,58-,59+,60+/m0/s1. The topological polar surface area (TPSA) is 237 Å². The number of ether oxygens (including phenoxy) is 4. The van der Waals surface area contributed by atoms with Gasteiger partial charge in [-0.05, 0) is 49.4 Å². The maximum absolute atomic E-state index is 13.0. The van der Waals surface area contributed by atoms with E-state index in [0.29, 0.717) is 31.6 Å². The second-order valence-electron chi connectivity index (χ2n) is 24.8. The van der Waals surface area contributed by atoms with E-state index < -0.39 is 97.5 Å². The van der Waals surface area contributed by atoms with Gasteiger partial charge in [0.15, 0.2) is 12.2 Å². The first-order valence-corrected chi connectivity index (χ1v) is 36.2. The zero-order valence-electron chi connectivity index (χ0n) is 53.8. The Kier molecular flexibility index (Phi) is 53.0. The van der Waals surface area contributed by atoms with Gasteiger partial charge in [-0.3, -0.25) is 37.3 Å². The van der Waals surface area contributed by atoms with Gasteiger partial charge in [0.05, 0.1) is 26.4 Å². The highest BCUT2D eigenvalue weighted by atomic mass is 31.2. The zero-order valence-corrected chi connectivity index (χ0v) is 55.6. The molecule has 0 aromatic heterocycles. The molecule has 83 heavy (non-hydrogen) atoms. The van der Waals surface area contributed by atoms with Crippen molar-refractivity contribution >= 4 is 39.5 Å². The third-order valence-electron chi connectivity index (χ3n) is 14.9. The third-order valence-corrected chi connectivity index (χ3v) is 16.8. The quantitative estimate of drug-likeness (QED) is 0.0222. The molecule has 0 aliphatic rings. The summed E-state index contributed by atoms with van der Waals surface area (Å²) in [4.78, 5) is 72.2. The second-order valence-corrected chi connectivity index (χ2v) is 27.7. The van der Waals surface area contributed by atoms with Crippen molar-refractivity contribution < 1.29 is 80.2 Å². The summed E-state index contributed by atoms with van der Waals surface area (Å²) in [5.41, 5.74) is 0. The Morgan fingerprint density at radius 2 is 0.578 bits per heavy atom. The van der Waals surface area contributed by atoms with Crippen molar-refractivity contribution in [3.8, 4) is 0 Å². The number of hydrogen-bond acceptors (Lipinski definition) is 15. The van der Waals surface area contributed by atoms with Crippen LogP contribution in [-0.2, 0) is 65.4 Å². The van der Waals surface area contributed by atoms with Crippen LogP contribution in [0.15, 0.2) is 0 Å². The van der Waals surface area contributed by atoms with E-state index in [2.05, 4.69) is 55.4 Å². The predicted molar refractivity (Wildman–Crippen MR) is 331 cm³/mol. The van der Waals surface area contributed by atoms with Crippen LogP contribution in [0, 0.1) is 23.7 Å². The number of aliphatic hydroxyl groups excluding tert-OH is 1. The molecule has 19 heteroatoms. The molecule has 0 fully saturated rings.